The third kappa shape index (κ3) is 9.30. The van der Waals surface area contributed by atoms with E-state index in [1.165, 1.54) is 4.90 Å². The van der Waals surface area contributed by atoms with E-state index in [1.54, 1.807) is 32.9 Å². The zero-order valence-corrected chi connectivity index (χ0v) is 23.0. The summed E-state index contributed by atoms with van der Waals surface area (Å²) in [5.41, 5.74) is -0.134. The Hall–Kier alpha value is -2.87. The van der Waals surface area contributed by atoms with Crippen LogP contribution in [0.15, 0.2) is 30.8 Å². The predicted octanol–water partition coefficient (Wildman–Crippen LogP) is 4.58. The Bertz CT molecular complexity index is 891. The number of hydrogen-bond acceptors (Lipinski definition) is 5. The highest BCUT2D eigenvalue weighted by Crippen LogP contribution is 2.32. The van der Waals surface area contributed by atoms with E-state index in [0.29, 0.717) is 18.5 Å². The molecule has 0 aliphatic carbocycles. The summed E-state index contributed by atoms with van der Waals surface area (Å²) in [6.07, 6.45) is 4.21. The molecule has 0 fully saturated rings. The summed E-state index contributed by atoms with van der Waals surface area (Å²) in [4.78, 5) is 41.5. The molecule has 0 saturated carbocycles. The van der Waals surface area contributed by atoms with Crippen molar-refractivity contribution in [2.24, 2.45) is 0 Å². The highest BCUT2D eigenvalue weighted by molar-refractivity contribution is 5.92. The van der Waals surface area contributed by atoms with Crippen molar-refractivity contribution in [2.75, 3.05) is 13.2 Å². The number of nitrogens with one attached hydrogen (secondary N) is 2. The maximum atomic E-state index is 13.9. The summed E-state index contributed by atoms with van der Waals surface area (Å²) in [6, 6.07) is 5.03. The average molecular weight is 504 g/mol. The van der Waals surface area contributed by atoms with Gasteiger partial charge in [0, 0.05) is 12.1 Å². The van der Waals surface area contributed by atoms with Crippen molar-refractivity contribution >= 4 is 24.0 Å². The highest BCUT2D eigenvalue weighted by atomic mass is 16.6. The molecule has 1 aromatic rings. The second-order valence-electron chi connectivity index (χ2n) is 10.5. The average Bonchev–Trinajstić information content (AvgIpc) is 2.81. The summed E-state index contributed by atoms with van der Waals surface area (Å²) >= 11 is 0. The zero-order valence-electron chi connectivity index (χ0n) is 23.0. The van der Waals surface area contributed by atoms with Gasteiger partial charge in [-0.2, -0.15) is 0 Å². The van der Waals surface area contributed by atoms with E-state index in [1.807, 2.05) is 39.0 Å². The molecular weight excluding hydrogens is 458 g/mol. The molecule has 8 heteroatoms. The molecule has 0 aromatic heterocycles. The van der Waals surface area contributed by atoms with Crippen molar-refractivity contribution in [3.05, 3.63) is 42.0 Å². The predicted molar refractivity (Wildman–Crippen MR) is 143 cm³/mol. The molecule has 0 radical (unpaired) electrons. The van der Waals surface area contributed by atoms with Crippen molar-refractivity contribution in [1.29, 1.82) is 0 Å². The number of aliphatic hydroxyl groups excluding tert-OH is 1. The molecule has 2 atom stereocenters. The minimum atomic E-state index is -1.29. The second kappa shape index (κ2) is 14.0. The third-order valence-electron chi connectivity index (χ3n) is 5.97. The molecule has 0 aliphatic heterocycles. The molecule has 0 bridgehead atoms. The van der Waals surface area contributed by atoms with Crippen LogP contribution in [-0.4, -0.2) is 58.2 Å². The summed E-state index contributed by atoms with van der Waals surface area (Å²) in [5, 5.41) is 15.5. The van der Waals surface area contributed by atoms with Crippen LogP contribution < -0.4 is 10.6 Å². The second-order valence-corrected chi connectivity index (χ2v) is 10.5. The summed E-state index contributed by atoms with van der Waals surface area (Å²) < 4.78 is 5.29. The molecule has 1 rings (SSSR count). The minimum Gasteiger partial charge on any atom is -0.444 e. The number of hydrogen-bond donors (Lipinski definition) is 3. The smallest absolute Gasteiger partial charge is 0.408 e. The monoisotopic (exact) mass is 503 g/mol. The van der Waals surface area contributed by atoms with Gasteiger partial charge < -0.3 is 25.4 Å². The van der Waals surface area contributed by atoms with Crippen LogP contribution in [0.25, 0.3) is 6.08 Å². The fraction of sp³-hybridized carbons (Fsp3) is 0.607. The molecule has 0 heterocycles. The molecular formula is C28H45N3O5. The van der Waals surface area contributed by atoms with Crippen LogP contribution in [0.5, 0.6) is 0 Å². The van der Waals surface area contributed by atoms with Crippen molar-refractivity contribution in [3.63, 3.8) is 0 Å². The molecule has 8 nitrogen and oxygen atoms in total. The number of nitrogens with zero attached hydrogens (tertiary/aromatic N) is 1. The van der Waals surface area contributed by atoms with Gasteiger partial charge in [0.15, 0.2) is 0 Å². The van der Waals surface area contributed by atoms with E-state index in [0.717, 1.165) is 24.8 Å². The fourth-order valence-corrected chi connectivity index (χ4v) is 3.71. The molecule has 2 unspecified atom stereocenters. The largest absolute Gasteiger partial charge is 0.444 e. The number of alkyl carbamates (subject to hydrolysis) is 1. The van der Waals surface area contributed by atoms with Gasteiger partial charge in [-0.3, -0.25) is 9.59 Å². The number of unbranched alkanes of at least 4 members (excludes halogenated alkanes) is 2. The first-order valence-electron chi connectivity index (χ1n) is 12.7. The number of ether oxygens (including phenoxy) is 1. The lowest BCUT2D eigenvalue weighted by Gasteiger charge is -2.44. The summed E-state index contributed by atoms with van der Waals surface area (Å²) in [7, 11) is 0. The maximum absolute atomic E-state index is 13.9. The van der Waals surface area contributed by atoms with Gasteiger partial charge in [-0.15, -0.1) is 0 Å². The first-order chi connectivity index (χ1) is 16.8. The van der Waals surface area contributed by atoms with Gasteiger partial charge in [0.25, 0.3) is 0 Å². The van der Waals surface area contributed by atoms with Crippen LogP contribution in [0.3, 0.4) is 0 Å². The van der Waals surface area contributed by atoms with Crippen molar-refractivity contribution in [3.8, 4) is 0 Å². The topological polar surface area (TPSA) is 108 Å². The lowest BCUT2D eigenvalue weighted by Crippen LogP contribution is -2.60. The third-order valence-corrected chi connectivity index (χ3v) is 5.97. The molecule has 3 amide bonds. The van der Waals surface area contributed by atoms with E-state index in [2.05, 4.69) is 24.1 Å². The van der Waals surface area contributed by atoms with Gasteiger partial charge in [-0.25, -0.2) is 4.79 Å². The van der Waals surface area contributed by atoms with E-state index in [9.17, 15) is 19.5 Å². The van der Waals surface area contributed by atoms with Gasteiger partial charge in [-0.05, 0) is 64.7 Å². The van der Waals surface area contributed by atoms with Gasteiger partial charge in [-0.1, -0.05) is 57.5 Å². The standard InChI is InChI=1S/C28H45N3O5/c1-9-12-13-17-29-24(33)23(21-16-14-15-20(10-2)18-21)31(28(7,8)11-3)25(34)22(19-32)30-26(35)36-27(4,5)6/h10,14-16,18,22-23,32H,2,9,11-13,17,19H2,1,3-8H3,(H,29,33)(H,30,35). The Kier molecular flexibility index (Phi) is 12.1. The molecule has 0 saturated heterocycles. The number of benzene rings is 1. The number of amides is 3. The number of aliphatic hydroxyl groups is 1. The van der Waals surface area contributed by atoms with Crippen LogP contribution in [-0.2, 0) is 14.3 Å². The van der Waals surface area contributed by atoms with Crippen LogP contribution in [0, 0.1) is 0 Å². The molecule has 0 spiro atoms. The van der Waals surface area contributed by atoms with Crippen molar-refractivity contribution < 1.29 is 24.2 Å². The quantitative estimate of drug-likeness (QED) is 0.342. The summed E-state index contributed by atoms with van der Waals surface area (Å²) in [5.74, 6) is -0.899. The van der Waals surface area contributed by atoms with Gasteiger partial charge >= 0.3 is 6.09 Å². The Balaban J connectivity index is 3.51. The van der Waals surface area contributed by atoms with Crippen molar-refractivity contribution in [2.45, 2.75) is 97.4 Å². The molecule has 0 aliphatic rings. The zero-order chi connectivity index (χ0) is 27.5. The summed E-state index contributed by atoms with van der Waals surface area (Å²) in [6.45, 7) is 16.5. The number of rotatable bonds is 13. The number of carbonyl (C=O) groups excluding carboxylic acids is 3. The van der Waals surface area contributed by atoms with Gasteiger partial charge in [0.1, 0.15) is 17.7 Å². The normalized spacial score (nSPS) is 13.3. The SMILES string of the molecule is C=Cc1cccc(C(C(=O)NCCCCC)N(C(=O)C(CO)NC(=O)OC(C)(C)C)C(C)(C)CC)c1. The first-order valence-corrected chi connectivity index (χ1v) is 12.7. The fourth-order valence-electron chi connectivity index (χ4n) is 3.71. The Morgan fingerprint density at radius 3 is 2.33 bits per heavy atom. The molecule has 202 valence electrons. The highest BCUT2D eigenvalue weighted by Gasteiger charge is 2.43. The lowest BCUT2D eigenvalue weighted by atomic mass is 9.91. The van der Waals surface area contributed by atoms with Gasteiger partial charge in [0.2, 0.25) is 11.8 Å². The maximum Gasteiger partial charge on any atom is 0.408 e. The number of carbonyl (C=O) groups is 3. The molecule has 1 aromatic carbocycles. The molecule has 3 N–H and O–H groups in total. The molecule has 36 heavy (non-hydrogen) atoms. The van der Waals surface area contributed by atoms with E-state index in [4.69, 9.17) is 4.74 Å². The van der Waals surface area contributed by atoms with E-state index in [-0.39, 0.29) is 5.91 Å². The van der Waals surface area contributed by atoms with E-state index < -0.39 is 41.8 Å². The lowest BCUT2D eigenvalue weighted by molar-refractivity contribution is -0.150. The van der Waals surface area contributed by atoms with Gasteiger partial charge in [0.05, 0.1) is 6.61 Å². The Labute approximate surface area is 216 Å². The van der Waals surface area contributed by atoms with E-state index >= 15 is 0 Å². The van der Waals surface area contributed by atoms with Crippen LogP contribution in [0.2, 0.25) is 0 Å². The van der Waals surface area contributed by atoms with Crippen LogP contribution >= 0.6 is 0 Å². The Morgan fingerprint density at radius 2 is 1.81 bits per heavy atom. The van der Waals surface area contributed by atoms with Crippen LogP contribution in [0.1, 0.15) is 91.3 Å². The van der Waals surface area contributed by atoms with Crippen LogP contribution in [0.4, 0.5) is 4.79 Å². The Morgan fingerprint density at radius 1 is 1.14 bits per heavy atom. The minimum absolute atomic E-state index is 0.323. The first kappa shape index (κ1) is 31.2. The van der Waals surface area contributed by atoms with Crippen molar-refractivity contribution in [1.82, 2.24) is 15.5 Å².